The van der Waals surface area contributed by atoms with Crippen LogP contribution in [0.1, 0.15) is 0 Å². The molecule has 0 bridgehead atoms. The fourth-order valence-electron chi connectivity index (χ4n) is 2.50. The first-order valence-corrected chi connectivity index (χ1v) is 6.99. The van der Waals surface area contributed by atoms with E-state index in [1.54, 1.807) is 6.07 Å². The van der Waals surface area contributed by atoms with Crippen molar-refractivity contribution in [2.45, 2.75) is 6.10 Å². The molecule has 0 saturated carbocycles. The molecule has 2 aromatic carbocycles. The van der Waals surface area contributed by atoms with Crippen molar-refractivity contribution in [3.05, 3.63) is 36.4 Å². The number of hydrogen-bond donors (Lipinski definition) is 1. The van der Waals surface area contributed by atoms with Gasteiger partial charge in [-0.05, 0) is 11.5 Å². The number of primary amides is 1. The van der Waals surface area contributed by atoms with Crippen LogP contribution in [-0.4, -0.2) is 30.3 Å². The van der Waals surface area contributed by atoms with E-state index in [-0.39, 0.29) is 18.3 Å². The summed E-state index contributed by atoms with van der Waals surface area (Å²) < 4.78 is 5.61. The van der Waals surface area contributed by atoms with Gasteiger partial charge < -0.3 is 15.4 Å². The van der Waals surface area contributed by atoms with Gasteiger partial charge in [0.1, 0.15) is 11.6 Å². The largest absolute Gasteiger partial charge is 0.476 e. The van der Waals surface area contributed by atoms with Crippen molar-refractivity contribution >= 4 is 39.9 Å². The van der Waals surface area contributed by atoms with Crippen molar-refractivity contribution in [2.75, 3.05) is 17.3 Å². The summed E-state index contributed by atoms with van der Waals surface area (Å²) in [5, 5.41) is 1.85. The first-order chi connectivity index (χ1) is 10.1. The Bertz CT molecular complexity index is 732. The average molecular weight is 305 g/mol. The molecule has 0 fully saturated rings. The molecule has 0 spiro atoms. The average Bonchev–Trinajstić information content (AvgIpc) is 2.52. The topological polar surface area (TPSA) is 72.6 Å². The number of nitrogens with zero attached hydrogens (tertiary/aromatic N) is 1. The highest BCUT2D eigenvalue weighted by molar-refractivity contribution is 6.30. The monoisotopic (exact) mass is 304 g/mol. The highest BCUT2D eigenvalue weighted by Gasteiger charge is 2.33. The summed E-state index contributed by atoms with van der Waals surface area (Å²) >= 11 is 5.68. The molecule has 6 heteroatoms. The number of ether oxygens (including phenoxy) is 1. The van der Waals surface area contributed by atoms with E-state index < -0.39 is 12.0 Å². The first-order valence-electron chi connectivity index (χ1n) is 6.46. The van der Waals surface area contributed by atoms with Crippen LogP contribution in [0, 0.1) is 0 Å². The van der Waals surface area contributed by atoms with Gasteiger partial charge in [0.05, 0.1) is 12.2 Å². The molecule has 0 radical (unpaired) electrons. The van der Waals surface area contributed by atoms with Crippen LogP contribution in [0.25, 0.3) is 10.8 Å². The fraction of sp³-hybridized carbons (Fsp3) is 0.200. The minimum atomic E-state index is -0.870. The van der Waals surface area contributed by atoms with Gasteiger partial charge in [-0.15, -0.1) is 11.6 Å². The molecule has 1 unspecified atom stereocenters. The second-order valence-electron chi connectivity index (χ2n) is 4.78. The smallest absolute Gasteiger partial charge is 0.260 e. The number of benzene rings is 2. The van der Waals surface area contributed by atoms with E-state index in [0.29, 0.717) is 11.4 Å². The van der Waals surface area contributed by atoms with Crippen molar-refractivity contribution in [2.24, 2.45) is 5.73 Å². The van der Waals surface area contributed by atoms with Crippen molar-refractivity contribution in [1.82, 2.24) is 0 Å². The Kier molecular flexibility index (Phi) is 3.43. The maximum Gasteiger partial charge on any atom is 0.260 e. The zero-order valence-electron chi connectivity index (χ0n) is 11.1. The molecular weight excluding hydrogens is 292 g/mol. The standard InChI is InChI=1S/C15H13ClN2O3/c16-7-13(19)18-8-12(15(17)20)21-11-6-5-9-3-1-2-4-10(9)14(11)18/h1-6,12H,7-8H2,(H2,17,20). The second-order valence-corrected chi connectivity index (χ2v) is 5.05. The molecule has 2 aromatic rings. The molecule has 1 heterocycles. The number of fused-ring (bicyclic) bond motifs is 3. The lowest BCUT2D eigenvalue weighted by atomic mass is 10.0. The number of hydrogen-bond acceptors (Lipinski definition) is 3. The maximum absolute atomic E-state index is 12.1. The molecule has 1 aliphatic rings. The number of anilines is 1. The molecule has 5 nitrogen and oxygen atoms in total. The number of halogens is 1. The minimum absolute atomic E-state index is 0.0713. The number of nitrogens with two attached hydrogens (primary N) is 1. The third kappa shape index (κ3) is 2.29. The van der Waals surface area contributed by atoms with Crippen LogP contribution in [0.4, 0.5) is 5.69 Å². The van der Waals surface area contributed by atoms with Gasteiger partial charge in [0.25, 0.3) is 5.91 Å². The highest BCUT2D eigenvalue weighted by Crippen LogP contribution is 2.39. The van der Waals surface area contributed by atoms with Gasteiger partial charge in [0, 0.05) is 5.39 Å². The van der Waals surface area contributed by atoms with Gasteiger partial charge in [-0.2, -0.15) is 0 Å². The molecular formula is C15H13ClN2O3. The Morgan fingerprint density at radius 2 is 2.05 bits per heavy atom. The Balaban J connectivity index is 2.21. The second kappa shape index (κ2) is 5.26. The van der Waals surface area contributed by atoms with E-state index in [1.807, 2.05) is 30.3 Å². The van der Waals surface area contributed by atoms with E-state index in [9.17, 15) is 9.59 Å². The van der Waals surface area contributed by atoms with Gasteiger partial charge in [-0.1, -0.05) is 30.3 Å². The Morgan fingerprint density at radius 1 is 1.29 bits per heavy atom. The molecule has 21 heavy (non-hydrogen) atoms. The van der Waals surface area contributed by atoms with Crippen molar-refractivity contribution in [3.63, 3.8) is 0 Å². The van der Waals surface area contributed by atoms with Gasteiger partial charge in [0.2, 0.25) is 5.91 Å². The van der Waals surface area contributed by atoms with Crippen molar-refractivity contribution in [1.29, 1.82) is 0 Å². The molecule has 1 atom stereocenters. The van der Waals surface area contributed by atoms with E-state index in [0.717, 1.165) is 10.8 Å². The summed E-state index contributed by atoms with van der Waals surface area (Å²) in [6.07, 6.45) is -0.870. The molecule has 3 rings (SSSR count). The molecule has 0 aromatic heterocycles. The quantitative estimate of drug-likeness (QED) is 0.858. The number of rotatable bonds is 2. The first kappa shape index (κ1) is 13.7. The molecule has 2 N–H and O–H groups in total. The van der Waals surface area contributed by atoms with Gasteiger partial charge in [0.15, 0.2) is 6.10 Å². The van der Waals surface area contributed by atoms with Crippen LogP contribution in [-0.2, 0) is 9.59 Å². The molecule has 0 saturated heterocycles. The predicted octanol–water partition coefficient (Wildman–Crippen LogP) is 1.66. The van der Waals surface area contributed by atoms with Gasteiger partial charge in [-0.25, -0.2) is 0 Å². The van der Waals surface area contributed by atoms with Crippen LogP contribution in [0.15, 0.2) is 36.4 Å². The normalized spacial score (nSPS) is 17.2. The van der Waals surface area contributed by atoms with E-state index >= 15 is 0 Å². The summed E-state index contributed by atoms with van der Waals surface area (Å²) in [4.78, 5) is 25.0. The number of amides is 2. The summed E-state index contributed by atoms with van der Waals surface area (Å²) in [6.45, 7) is 0.0713. The van der Waals surface area contributed by atoms with E-state index in [4.69, 9.17) is 22.1 Å². The van der Waals surface area contributed by atoms with Crippen LogP contribution >= 0.6 is 11.6 Å². The minimum Gasteiger partial charge on any atom is -0.476 e. The van der Waals surface area contributed by atoms with Crippen molar-refractivity contribution < 1.29 is 14.3 Å². The van der Waals surface area contributed by atoms with Gasteiger partial charge in [-0.3, -0.25) is 9.59 Å². The Morgan fingerprint density at radius 3 is 2.76 bits per heavy atom. The number of carbonyl (C=O) groups excluding carboxylic acids is 2. The Labute approximate surface area is 126 Å². The summed E-state index contributed by atoms with van der Waals surface area (Å²) in [6, 6.07) is 11.3. The lowest BCUT2D eigenvalue weighted by Gasteiger charge is -2.34. The third-order valence-electron chi connectivity index (χ3n) is 3.48. The Hall–Kier alpha value is -2.27. The SMILES string of the molecule is NC(=O)C1CN(C(=O)CCl)c2c(ccc3ccccc23)O1. The zero-order valence-corrected chi connectivity index (χ0v) is 11.8. The van der Waals surface area contributed by atoms with Crippen LogP contribution < -0.4 is 15.4 Å². The lowest BCUT2D eigenvalue weighted by molar-refractivity contribution is -0.125. The van der Waals surface area contributed by atoms with Crippen LogP contribution in [0.3, 0.4) is 0 Å². The fourth-order valence-corrected chi connectivity index (χ4v) is 2.65. The van der Waals surface area contributed by atoms with Crippen molar-refractivity contribution in [3.8, 4) is 5.75 Å². The zero-order chi connectivity index (χ0) is 15.0. The number of alkyl halides is 1. The predicted molar refractivity (Wildman–Crippen MR) is 80.6 cm³/mol. The van der Waals surface area contributed by atoms with E-state index in [1.165, 1.54) is 4.90 Å². The lowest BCUT2D eigenvalue weighted by Crippen LogP contribution is -2.49. The number of carbonyl (C=O) groups is 2. The van der Waals surface area contributed by atoms with Crippen LogP contribution in [0.2, 0.25) is 0 Å². The molecule has 1 aliphatic heterocycles. The summed E-state index contributed by atoms with van der Waals surface area (Å²) in [7, 11) is 0. The maximum atomic E-state index is 12.1. The molecule has 0 aliphatic carbocycles. The molecule has 2 amide bonds. The van der Waals surface area contributed by atoms with E-state index in [2.05, 4.69) is 0 Å². The summed E-state index contributed by atoms with van der Waals surface area (Å²) in [5.41, 5.74) is 5.94. The summed E-state index contributed by atoms with van der Waals surface area (Å²) in [5.74, 6) is -0.610. The van der Waals surface area contributed by atoms with Crippen LogP contribution in [0.5, 0.6) is 5.75 Å². The highest BCUT2D eigenvalue weighted by atomic mass is 35.5. The van der Waals surface area contributed by atoms with Gasteiger partial charge >= 0.3 is 0 Å². The molecule has 108 valence electrons. The third-order valence-corrected chi connectivity index (χ3v) is 3.71.